The van der Waals surface area contributed by atoms with E-state index in [0.717, 1.165) is 46.8 Å². The Labute approximate surface area is 209 Å². The van der Waals surface area contributed by atoms with Crippen molar-refractivity contribution in [2.45, 2.75) is 32.4 Å². The van der Waals surface area contributed by atoms with Crippen molar-refractivity contribution < 1.29 is 19.8 Å². The molecule has 1 aliphatic heterocycles. The van der Waals surface area contributed by atoms with Crippen molar-refractivity contribution in [2.75, 3.05) is 11.9 Å². The lowest BCUT2D eigenvalue weighted by Crippen LogP contribution is -2.42. The minimum absolute atomic E-state index is 0.0820. The van der Waals surface area contributed by atoms with Gasteiger partial charge in [0.2, 0.25) is 0 Å². The van der Waals surface area contributed by atoms with Crippen LogP contribution in [0, 0.1) is 0 Å². The minimum Gasteiger partial charge on any atom is -0.508 e. The van der Waals surface area contributed by atoms with Crippen LogP contribution in [0.4, 0.5) is 5.69 Å². The van der Waals surface area contributed by atoms with E-state index in [4.69, 9.17) is 0 Å². The van der Waals surface area contributed by atoms with E-state index in [1.807, 2.05) is 49.4 Å². The SMILES string of the molecule is C[C@H]1CCc2cc(C(=O)N(C)Cc3ccc4ccccc4n3)ccc2N1C(=O)c1ccc(O)cc1O. The topological polar surface area (TPSA) is 94.0 Å². The van der Waals surface area contributed by atoms with Gasteiger partial charge in [0.1, 0.15) is 11.5 Å². The number of hydrogen-bond donors (Lipinski definition) is 2. The van der Waals surface area contributed by atoms with Crippen LogP contribution in [0.2, 0.25) is 0 Å². The number of phenols is 2. The molecule has 3 aromatic carbocycles. The molecule has 1 aliphatic rings. The Hall–Kier alpha value is -4.39. The van der Waals surface area contributed by atoms with Gasteiger partial charge in [-0.2, -0.15) is 0 Å². The molecule has 36 heavy (non-hydrogen) atoms. The smallest absolute Gasteiger partial charge is 0.262 e. The number of pyridine rings is 1. The summed E-state index contributed by atoms with van der Waals surface area (Å²) in [6, 6.07) is 21.1. The molecule has 0 fully saturated rings. The lowest BCUT2D eigenvalue weighted by Gasteiger charge is -2.36. The van der Waals surface area contributed by atoms with Gasteiger partial charge in [-0.25, -0.2) is 0 Å². The number of anilines is 1. The molecular formula is C29H27N3O4. The summed E-state index contributed by atoms with van der Waals surface area (Å²) in [6.45, 7) is 2.34. The lowest BCUT2D eigenvalue weighted by molar-refractivity contribution is 0.0783. The number of para-hydroxylation sites is 1. The molecule has 5 rings (SSSR count). The summed E-state index contributed by atoms with van der Waals surface area (Å²) in [5, 5.41) is 20.9. The second-order valence-electron chi connectivity index (χ2n) is 9.26. The average Bonchev–Trinajstić information content (AvgIpc) is 2.87. The number of carbonyl (C=O) groups excluding carboxylic acids is 2. The van der Waals surface area contributed by atoms with E-state index in [1.165, 1.54) is 12.1 Å². The molecule has 0 spiro atoms. The van der Waals surface area contributed by atoms with E-state index in [1.54, 1.807) is 29.0 Å². The Morgan fingerprint density at radius 1 is 1.03 bits per heavy atom. The molecule has 7 nitrogen and oxygen atoms in total. The number of carbonyl (C=O) groups is 2. The maximum absolute atomic E-state index is 13.3. The van der Waals surface area contributed by atoms with Crippen molar-refractivity contribution in [2.24, 2.45) is 0 Å². The molecule has 1 aromatic heterocycles. The summed E-state index contributed by atoms with van der Waals surface area (Å²) in [4.78, 5) is 34.5. The Morgan fingerprint density at radius 2 is 1.83 bits per heavy atom. The molecule has 2 heterocycles. The van der Waals surface area contributed by atoms with Crippen LogP contribution in [0.15, 0.2) is 72.8 Å². The fourth-order valence-electron chi connectivity index (χ4n) is 4.76. The molecule has 4 aromatic rings. The molecule has 0 unspecified atom stereocenters. The van der Waals surface area contributed by atoms with Gasteiger partial charge in [0.05, 0.1) is 23.3 Å². The van der Waals surface area contributed by atoms with Gasteiger partial charge in [-0.15, -0.1) is 0 Å². The van der Waals surface area contributed by atoms with Crippen LogP contribution in [-0.4, -0.2) is 45.0 Å². The van der Waals surface area contributed by atoms with Crippen LogP contribution in [0.5, 0.6) is 11.5 Å². The Morgan fingerprint density at radius 3 is 2.64 bits per heavy atom. The van der Waals surface area contributed by atoms with Gasteiger partial charge >= 0.3 is 0 Å². The number of phenolic OH excluding ortho intramolecular Hbond substituents is 2. The first-order chi connectivity index (χ1) is 17.3. The van der Waals surface area contributed by atoms with E-state index >= 15 is 0 Å². The van der Waals surface area contributed by atoms with Crippen LogP contribution in [0.25, 0.3) is 10.9 Å². The Kier molecular flexibility index (Phi) is 6.06. The zero-order valence-corrected chi connectivity index (χ0v) is 20.2. The summed E-state index contributed by atoms with van der Waals surface area (Å²) < 4.78 is 0. The quantitative estimate of drug-likeness (QED) is 0.432. The monoisotopic (exact) mass is 481 g/mol. The molecule has 2 amide bonds. The van der Waals surface area contributed by atoms with Crippen molar-refractivity contribution in [1.82, 2.24) is 9.88 Å². The number of benzene rings is 3. The standard InChI is InChI=1S/C29H27N3O4/c1-18-7-8-20-15-21(10-14-26(20)32(18)29(36)24-13-12-23(33)16-27(24)34)28(35)31(2)17-22-11-9-19-5-3-4-6-25(19)30-22/h3-6,9-16,18,33-34H,7-8,17H2,1-2H3/t18-/m0/s1. The summed E-state index contributed by atoms with van der Waals surface area (Å²) >= 11 is 0. The van der Waals surface area contributed by atoms with Crippen molar-refractivity contribution in [3.8, 4) is 11.5 Å². The summed E-state index contributed by atoms with van der Waals surface area (Å²) in [5.74, 6) is -0.850. The van der Waals surface area contributed by atoms with E-state index in [9.17, 15) is 19.8 Å². The van der Waals surface area contributed by atoms with E-state index in [0.29, 0.717) is 12.1 Å². The molecule has 1 atom stereocenters. The van der Waals surface area contributed by atoms with Crippen LogP contribution >= 0.6 is 0 Å². The first-order valence-electron chi connectivity index (χ1n) is 11.9. The molecule has 0 aliphatic carbocycles. The average molecular weight is 482 g/mol. The maximum Gasteiger partial charge on any atom is 0.262 e. The van der Waals surface area contributed by atoms with Gasteiger partial charge in [0.25, 0.3) is 11.8 Å². The molecule has 7 heteroatoms. The second-order valence-corrected chi connectivity index (χ2v) is 9.26. The van der Waals surface area contributed by atoms with Gasteiger partial charge in [-0.3, -0.25) is 14.6 Å². The number of nitrogens with zero attached hydrogens (tertiary/aromatic N) is 3. The minimum atomic E-state index is -0.348. The third-order valence-electron chi connectivity index (χ3n) is 6.69. The molecule has 0 saturated carbocycles. The summed E-state index contributed by atoms with van der Waals surface area (Å²) in [7, 11) is 1.75. The molecule has 182 valence electrons. The van der Waals surface area contributed by atoms with Crippen molar-refractivity contribution in [3.05, 3.63) is 95.2 Å². The van der Waals surface area contributed by atoms with Crippen molar-refractivity contribution in [3.63, 3.8) is 0 Å². The van der Waals surface area contributed by atoms with Gasteiger partial charge in [0.15, 0.2) is 0 Å². The van der Waals surface area contributed by atoms with Crippen molar-refractivity contribution >= 4 is 28.4 Å². The maximum atomic E-state index is 13.3. The number of aromatic nitrogens is 1. The van der Waals surface area contributed by atoms with Crippen LogP contribution < -0.4 is 4.90 Å². The normalized spacial score (nSPS) is 14.9. The highest BCUT2D eigenvalue weighted by atomic mass is 16.3. The third-order valence-corrected chi connectivity index (χ3v) is 6.69. The summed E-state index contributed by atoms with van der Waals surface area (Å²) in [6.07, 6.45) is 1.46. The first kappa shape index (κ1) is 23.4. The van der Waals surface area contributed by atoms with Crippen LogP contribution in [0.3, 0.4) is 0 Å². The zero-order valence-electron chi connectivity index (χ0n) is 20.2. The highest BCUT2D eigenvalue weighted by molar-refractivity contribution is 6.09. The van der Waals surface area contributed by atoms with Gasteiger partial charge < -0.3 is 20.0 Å². The number of fused-ring (bicyclic) bond motifs is 2. The van der Waals surface area contributed by atoms with E-state index in [2.05, 4.69) is 4.98 Å². The fraction of sp³-hybridized carbons (Fsp3) is 0.207. The summed E-state index contributed by atoms with van der Waals surface area (Å²) in [5.41, 5.74) is 4.00. The fourth-order valence-corrected chi connectivity index (χ4v) is 4.76. The molecular weight excluding hydrogens is 454 g/mol. The van der Waals surface area contributed by atoms with Crippen LogP contribution in [-0.2, 0) is 13.0 Å². The number of hydrogen-bond acceptors (Lipinski definition) is 5. The number of aromatic hydroxyl groups is 2. The Bertz CT molecular complexity index is 1480. The number of amides is 2. The first-order valence-corrected chi connectivity index (χ1v) is 11.9. The largest absolute Gasteiger partial charge is 0.508 e. The van der Waals surface area contributed by atoms with Crippen LogP contribution in [0.1, 0.15) is 45.3 Å². The van der Waals surface area contributed by atoms with E-state index in [-0.39, 0.29) is 34.9 Å². The second kappa shape index (κ2) is 9.34. The molecule has 0 radical (unpaired) electrons. The Balaban J connectivity index is 1.38. The number of aryl methyl sites for hydroxylation is 1. The van der Waals surface area contributed by atoms with Gasteiger partial charge in [-0.1, -0.05) is 24.3 Å². The lowest BCUT2D eigenvalue weighted by atomic mass is 9.93. The van der Waals surface area contributed by atoms with Gasteiger partial charge in [-0.05, 0) is 67.8 Å². The third kappa shape index (κ3) is 4.35. The molecule has 2 N–H and O–H groups in total. The van der Waals surface area contributed by atoms with Crippen molar-refractivity contribution in [1.29, 1.82) is 0 Å². The molecule has 0 saturated heterocycles. The highest BCUT2D eigenvalue weighted by Crippen LogP contribution is 2.35. The zero-order chi connectivity index (χ0) is 25.4. The number of rotatable bonds is 4. The predicted molar refractivity (Wildman–Crippen MR) is 138 cm³/mol. The predicted octanol–water partition coefficient (Wildman–Crippen LogP) is 4.90. The van der Waals surface area contributed by atoms with E-state index < -0.39 is 0 Å². The van der Waals surface area contributed by atoms with Gasteiger partial charge in [0, 0.05) is 35.8 Å². The molecule has 0 bridgehead atoms. The highest BCUT2D eigenvalue weighted by Gasteiger charge is 2.31.